The molecule has 0 fully saturated rings. The van der Waals surface area contributed by atoms with Gasteiger partial charge in [0, 0.05) is 13.5 Å². The molecule has 2 amide bonds. The van der Waals surface area contributed by atoms with E-state index in [2.05, 4.69) is 10.6 Å². The van der Waals surface area contributed by atoms with Crippen molar-refractivity contribution in [2.75, 3.05) is 7.11 Å². The molecule has 0 saturated carbocycles. The molecule has 0 radical (unpaired) electrons. The van der Waals surface area contributed by atoms with Crippen LogP contribution in [-0.2, 0) is 25.7 Å². The van der Waals surface area contributed by atoms with Crippen LogP contribution in [0.5, 0.6) is 5.75 Å². The Kier molecular flexibility index (Phi) is 7.97. The minimum atomic E-state index is -1.03. The largest absolute Gasteiger partial charge is 0.497 e. The molecule has 1 atom stereocenters. The molecule has 29 heavy (non-hydrogen) atoms. The SMILES string of the molecule is COc1ccc(CNC(=O)[C@@H](C)OC(=O)/C(=C/c2ccccc2)NC(C)=O)cc1. The number of amides is 2. The van der Waals surface area contributed by atoms with Crippen LogP contribution in [0.1, 0.15) is 25.0 Å². The molecule has 0 heterocycles. The van der Waals surface area contributed by atoms with E-state index in [1.807, 2.05) is 18.2 Å². The van der Waals surface area contributed by atoms with Crippen LogP contribution in [0.4, 0.5) is 0 Å². The molecule has 0 aromatic heterocycles. The number of carbonyl (C=O) groups excluding carboxylic acids is 3. The first kappa shape index (κ1) is 21.7. The maximum atomic E-state index is 12.4. The predicted octanol–water partition coefficient (Wildman–Crippen LogP) is 2.42. The second kappa shape index (κ2) is 10.7. The van der Waals surface area contributed by atoms with Gasteiger partial charge in [0.15, 0.2) is 6.10 Å². The number of ether oxygens (including phenoxy) is 2. The van der Waals surface area contributed by atoms with Crippen molar-refractivity contribution in [1.29, 1.82) is 0 Å². The van der Waals surface area contributed by atoms with Crippen molar-refractivity contribution >= 4 is 23.9 Å². The van der Waals surface area contributed by atoms with Crippen molar-refractivity contribution in [3.8, 4) is 5.75 Å². The minimum Gasteiger partial charge on any atom is -0.497 e. The molecule has 2 aromatic rings. The van der Waals surface area contributed by atoms with Gasteiger partial charge in [0.2, 0.25) is 5.91 Å². The number of esters is 1. The van der Waals surface area contributed by atoms with E-state index >= 15 is 0 Å². The summed E-state index contributed by atoms with van der Waals surface area (Å²) in [5.74, 6) is -0.939. The third-order valence-electron chi connectivity index (χ3n) is 3.92. The maximum Gasteiger partial charge on any atom is 0.355 e. The molecule has 0 aliphatic rings. The lowest BCUT2D eigenvalue weighted by Crippen LogP contribution is -2.37. The highest BCUT2D eigenvalue weighted by Crippen LogP contribution is 2.11. The maximum absolute atomic E-state index is 12.4. The summed E-state index contributed by atoms with van der Waals surface area (Å²) in [6, 6.07) is 16.2. The standard InChI is InChI=1S/C22H24N2O5/c1-15(21(26)23-14-18-9-11-19(28-3)12-10-18)29-22(27)20(24-16(2)25)13-17-7-5-4-6-8-17/h4-13,15H,14H2,1-3H3,(H,23,26)(H,24,25)/b20-13-/t15-/m1/s1. The fraction of sp³-hybridized carbons (Fsp3) is 0.227. The monoisotopic (exact) mass is 396 g/mol. The second-order valence-electron chi connectivity index (χ2n) is 6.26. The van der Waals surface area contributed by atoms with Crippen LogP contribution in [0.25, 0.3) is 6.08 Å². The molecule has 0 bridgehead atoms. The van der Waals surface area contributed by atoms with Crippen LogP contribution < -0.4 is 15.4 Å². The van der Waals surface area contributed by atoms with Crippen LogP contribution in [0.15, 0.2) is 60.3 Å². The molecule has 0 saturated heterocycles. The number of rotatable bonds is 8. The third-order valence-corrected chi connectivity index (χ3v) is 3.92. The fourth-order valence-electron chi connectivity index (χ4n) is 2.41. The summed E-state index contributed by atoms with van der Waals surface area (Å²) in [6.07, 6.45) is 0.458. The van der Waals surface area contributed by atoms with Crippen LogP contribution in [0.3, 0.4) is 0 Å². The highest BCUT2D eigenvalue weighted by atomic mass is 16.5. The van der Waals surface area contributed by atoms with Crippen LogP contribution >= 0.6 is 0 Å². The summed E-state index contributed by atoms with van der Waals surface area (Å²) in [7, 11) is 1.58. The summed E-state index contributed by atoms with van der Waals surface area (Å²) < 4.78 is 10.3. The smallest absolute Gasteiger partial charge is 0.355 e. The summed E-state index contributed by atoms with van der Waals surface area (Å²) in [5.41, 5.74) is 1.55. The van der Waals surface area contributed by atoms with Gasteiger partial charge in [-0.15, -0.1) is 0 Å². The molecule has 7 nitrogen and oxygen atoms in total. The molecule has 152 valence electrons. The predicted molar refractivity (Wildman–Crippen MR) is 109 cm³/mol. The van der Waals surface area contributed by atoms with Gasteiger partial charge in [-0.2, -0.15) is 0 Å². The van der Waals surface area contributed by atoms with Crippen molar-refractivity contribution in [3.05, 3.63) is 71.4 Å². The normalized spacial score (nSPS) is 11.9. The Bertz CT molecular complexity index is 876. The van der Waals surface area contributed by atoms with Gasteiger partial charge in [0.1, 0.15) is 11.4 Å². The molecule has 0 spiro atoms. The van der Waals surface area contributed by atoms with Gasteiger partial charge in [-0.3, -0.25) is 9.59 Å². The van der Waals surface area contributed by atoms with E-state index in [-0.39, 0.29) is 12.2 Å². The summed E-state index contributed by atoms with van der Waals surface area (Å²) >= 11 is 0. The first-order chi connectivity index (χ1) is 13.9. The number of benzene rings is 2. The number of carbonyl (C=O) groups is 3. The molecule has 0 unspecified atom stereocenters. The molecular weight excluding hydrogens is 372 g/mol. The van der Waals surface area contributed by atoms with E-state index in [0.29, 0.717) is 5.56 Å². The molecular formula is C22H24N2O5. The van der Waals surface area contributed by atoms with Crippen molar-refractivity contribution in [1.82, 2.24) is 10.6 Å². The van der Waals surface area contributed by atoms with Crippen molar-refractivity contribution in [3.63, 3.8) is 0 Å². The molecule has 2 rings (SSSR count). The molecule has 0 aliphatic carbocycles. The lowest BCUT2D eigenvalue weighted by molar-refractivity contribution is -0.151. The topological polar surface area (TPSA) is 93.7 Å². The van der Waals surface area contributed by atoms with E-state index in [4.69, 9.17) is 9.47 Å². The van der Waals surface area contributed by atoms with E-state index in [0.717, 1.165) is 11.3 Å². The fourth-order valence-corrected chi connectivity index (χ4v) is 2.41. The van der Waals surface area contributed by atoms with Gasteiger partial charge in [-0.05, 0) is 36.3 Å². The van der Waals surface area contributed by atoms with Crippen molar-refractivity contribution in [2.24, 2.45) is 0 Å². The Morgan fingerprint density at radius 2 is 1.69 bits per heavy atom. The van der Waals surface area contributed by atoms with Crippen molar-refractivity contribution < 1.29 is 23.9 Å². The van der Waals surface area contributed by atoms with Crippen LogP contribution in [0, 0.1) is 0 Å². The minimum absolute atomic E-state index is 0.0431. The highest BCUT2D eigenvalue weighted by molar-refractivity contribution is 5.98. The Morgan fingerprint density at radius 3 is 2.28 bits per heavy atom. The molecule has 2 N–H and O–H groups in total. The zero-order valence-corrected chi connectivity index (χ0v) is 16.6. The molecule has 0 aliphatic heterocycles. The average molecular weight is 396 g/mol. The third kappa shape index (κ3) is 7.14. The Balaban J connectivity index is 1.97. The number of methoxy groups -OCH3 is 1. The van der Waals surface area contributed by atoms with E-state index < -0.39 is 23.9 Å². The van der Waals surface area contributed by atoms with E-state index in [9.17, 15) is 14.4 Å². The van der Waals surface area contributed by atoms with Gasteiger partial charge in [0.25, 0.3) is 5.91 Å². The van der Waals surface area contributed by atoms with Gasteiger partial charge in [0.05, 0.1) is 7.11 Å². The summed E-state index contributed by atoms with van der Waals surface area (Å²) in [6.45, 7) is 3.04. The second-order valence-corrected chi connectivity index (χ2v) is 6.26. The Morgan fingerprint density at radius 1 is 1.03 bits per heavy atom. The van der Waals surface area contributed by atoms with Gasteiger partial charge >= 0.3 is 5.97 Å². The Hall–Kier alpha value is -3.61. The van der Waals surface area contributed by atoms with Crippen LogP contribution in [0.2, 0.25) is 0 Å². The lowest BCUT2D eigenvalue weighted by Gasteiger charge is -2.15. The lowest BCUT2D eigenvalue weighted by atomic mass is 10.2. The van der Waals surface area contributed by atoms with Gasteiger partial charge < -0.3 is 20.1 Å². The quantitative estimate of drug-likeness (QED) is 0.528. The highest BCUT2D eigenvalue weighted by Gasteiger charge is 2.21. The first-order valence-corrected chi connectivity index (χ1v) is 9.05. The van der Waals surface area contributed by atoms with Crippen molar-refractivity contribution in [2.45, 2.75) is 26.5 Å². The number of nitrogens with one attached hydrogen (secondary N) is 2. The molecule has 7 heteroatoms. The van der Waals surface area contributed by atoms with Crippen LogP contribution in [-0.4, -0.2) is 31.0 Å². The zero-order valence-electron chi connectivity index (χ0n) is 16.6. The number of hydrogen-bond donors (Lipinski definition) is 2. The van der Waals surface area contributed by atoms with Gasteiger partial charge in [-0.1, -0.05) is 42.5 Å². The summed E-state index contributed by atoms with van der Waals surface area (Å²) in [5, 5.41) is 5.15. The van der Waals surface area contributed by atoms with E-state index in [1.54, 1.807) is 43.5 Å². The van der Waals surface area contributed by atoms with Gasteiger partial charge in [-0.25, -0.2) is 4.79 Å². The zero-order chi connectivity index (χ0) is 21.2. The Labute approximate surface area is 169 Å². The average Bonchev–Trinajstić information content (AvgIpc) is 2.72. The first-order valence-electron chi connectivity index (χ1n) is 9.05. The number of hydrogen-bond acceptors (Lipinski definition) is 5. The summed E-state index contributed by atoms with van der Waals surface area (Å²) in [4.78, 5) is 36.1. The molecule has 2 aromatic carbocycles. The van der Waals surface area contributed by atoms with E-state index in [1.165, 1.54) is 19.9 Å².